The lowest BCUT2D eigenvalue weighted by Gasteiger charge is -2.42. The van der Waals surface area contributed by atoms with Crippen LogP contribution in [0.3, 0.4) is 0 Å². The van der Waals surface area contributed by atoms with Crippen LogP contribution in [0.2, 0.25) is 0 Å². The number of ether oxygens (including phenoxy) is 3. The van der Waals surface area contributed by atoms with Gasteiger partial charge in [-0.15, -0.1) is 4.33 Å². The zero-order valence-electron chi connectivity index (χ0n) is 27.2. The topological polar surface area (TPSA) is 66.4 Å². The summed E-state index contributed by atoms with van der Waals surface area (Å²) in [5.74, 6) is -55.3. The third kappa shape index (κ3) is 11.2. The highest BCUT2D eigenvalue weighted by Crippen LogP contribution is 2.62. The molecule has 0 radical (unpaired) electrons. The van der Waals surface area contributed by atoms with Gasteiger partial charge in [-0.3, -0.25) is 0 Å². The first-order valence-electron chi connectivity index (χ1n) is 15.5. The van der Waals surface area contributed by atoms with E-state index in [2.05, 4.69) is 21.0 Å². The van der Waals surface area contributed by atoms with E-state index < -0.39 is 67.7 Å². The first kappa shape index (κ1) is 47.9. The molecule has 0 saturated carbocycles. The van der Waals surface area contributed by atoms with E-state index in [1.165, 1.54) is 31.0 Å². The Morgan fingerprint density at radius 3 is 1.60 bits per heavy atom. The molecule has 0 aliphatic heterocycles. The fraction of sp³-hybridized carbons (Fsp3) is 0.793. The summed E-state index contributed by atoms with van der Waals surface area (Å²) in [6, 6.07) is 3.75. The molecule has 0 amide bonds. The quantitative estimate of drug-likeness (QED) is 0.0297. The summed E-state index contributed by atoms with van der Waals surface area (Å²) in [5.41, 5.74) is 0. The van der Waals surface area contributed by atoms with Gasteiger partial charge in [0.05, 0.1) is 25.3 Å². The smallest absolute Gasteiger partial charge is 0.384 e. The molecule has 1 N–H and O–H groups in total. The third-order valence-electron chi connectivity index (χ3n) is 7.33. The number of benzene rings is 1. The fourth-order valence-corrected chi connectivity index (χ4v) is 4.66. The number of unbranched alkanes of at least 4 members (excludes halogenated alkanes) is 9. The predicted octanol–water partition coefficient (Wildman–Crippen LogP) is 11.5. The highest BCUT2D eigenvalue weighted by molar-refractivity contribution is 7.94. The van der Waals surface area contributed by atoms with Crippen molar-refractivity contribution in [2.45, 2.75) is 124 Å². The van der Waals surface area contributed by atoms with E-state index in [0.29, 0.717) is 18.5 Å². The standard InChI is InChI=1S/C29H36F16O6S/c1-2-3-4-5-6-7-8-9-10-11-14-48-21-17-19(52-51-50-46)12-13-20(21)49-16-15-47-18-23(32,33)25(36,37)27(40,41)29(44,45)28(42,43)26(38,39)24(34,35)22(30)31/h12-13,17,22,46H,2-11,14-16,18H2,1H3. The maximum atomic E-state index is 14.1. The van der Waals surface area contributed by atoms with E-state index in [0.717, 1.165) is 44.9 Å². The van der Waals surface area contributed by atoms with E-state index in [1.807, 2.05) is 0 Å². The zero-order chi connectivity index (χ0) is 40.1. The van der Waals surface area contributed by atoms with Gasteiger partial charge in [-0.05, 0) is 24.6 Å². The SMILES string of the molecule is CCCCCCCCCCCCOc1cc(SOOO)ccc1OCCOCC(F)(F)C(F)(F)C(F)(F)C(F)(F)C(F)(F)C(F)(F)C(F)(F)C(F)F. The Labute approximate surface area is 291 Å². The number of hydrogen-bond acceptors (Lipinski definition) is 7. The van der Waals surface area contributed by atoms with Gasteiger partial charge in [0, 0.05) is 4.90 Å². The largest absolute Gasteiger partial charge is 0.490 e. The summed E-state index contributed by atoms with van der Waals surface area (Å²) in [6.07, 6.45) is 4.17. The second kappa shape index (κ2) is 20.0. The summed E-state index contributed by atoms with van der Waals surface area (Å²) < 4.78 is 235. The Bertz CT molecular complexity index is 1190. The molecule has 6 nitrogen and oxygen atoms in total. The lowest BCUT2D eigenvalue weighted by Crippen LogP contribution is -2.74. The van der Waals surface area contributed by atoms with Gasteiger partial charge in [0.2, 0.25) is 0 Å². The molecular weight excluding hydrogens is 780 g/mol. The summed E-state index contributed by atoms with van der Waals surface area (Å²) in [7, 11) is 0. The van der Waals surface area contributed by atoms with Crippen molar-refractivity contribution in [3.05, 3.63) is 18.2 Å². The number of hydrogen-bond donors (Lipinski definition) is 1. The normalized spacial score (nSPS) is 14.0. The molecule has 0 aliphatic rings. The van der Waals surface area contributed by atoms with Crippen LogP contribution >= 0.6 is 12.0 Å². The minimum absolute atomic E-state index is 0.0312. The summed E-state index contributed by atoms with van der Waals surface area (Å²) >= 11 is 0.488. The van der Waals surface area contributed by atoms with Gasteiger partial charge >= 0.3 is 47.9 Å². The van der Waals surface area contributed by atoms with Gasteiger partial charge < -0.3 is 14.2 Å². The highest BCUT2D eigenvalue weighted by atomic mass is 32.2. The monoisotopic (exact) mass is 816 g/mol. The molecule has 0 spiro atoms. The minimum Gasteiger partial charge on any atom is -0.490 e. The maximum absolute atomic E-state index is 14.1. The molecule has 0 aliphatic carbocycles. The van der Waals surface area contributed by atoms with Gasteiger partial charge in [-0.1, -0.05) is 69.7 Å². The van der Waals surface area contributed by atoms with Crippen LogP contribution in [0.1, 0.15) is 71.1 Å². The van der Waals surface area contributed by atoms with Crippen LogP contribution in [-0.4, -0.2) is 79.6 Å². The molecule has 0 saturated heterocycles. The van der Waals surface area contributed by atoms with Crippen LogP contribution < -0.4 is 9.47 Å². The van der Waals surface area contributed by atoms with Gasteiger partial charge in [-0.2, -0.15) is 61.5 Å². The highest BCUT2D eigenvalue weighted by Gasteiger charge is 2.93. The zero-order valence-corrected chi connectivity index (χ0v) is 28.0. The lowest BCUT2D eigenvalue weighted by molar-refractivity contribution is -0.448. The fourth-order valence-electron chi connectivity index (χ4n) is 4.27. The molecule has 0 bridgehead atoms. The second-order valence-electron chi connectivity index (χ2n) is 11.3. The van der Waals surface area contributed by atoms with Crippen LogP contribution in [0.15, 0.2) is 23.1 Å². The summed E-state index contributed by atoms with van der Waals surface area (Å²) in [5, 5.41) is 11.8. The van der Waals surface area contributed by atoms with E-state index in [-0.39, 0.29) is 23.0 Å². The van der Waals surface area contributed by atoms with Crippen LogP contribution in [0, 0.1) is 0 Å². The molecule has 1 aromatic rings. The summed E-state index contributed by atoms with van der Waals surface area (Å²) in [4.78, 5) is 0.247. The Kier molecular flexibility index (Phi) is 18.4. The molecule has 23 heteroatoms. The first-order valence-corrected chi connectivity index (χ1v) is 16.2. The van der Waals surface area contributed by atoms with E-state index >= 15 is 0 Å². The van der Waals surface area contributed by atoms with Crippen molar-refractivity contribution in [1.29, 1.82) is 0 Å². The lowest BCUT2D eigenvalue weighted by atomic mass is 9.89. The van der Waals surface area contributed by atoms with Crippen molar-refractivity contribution in [3.8, 4) is 11.5 Å². The van der Waals surface area contributed by atoms with E-state index in [4.69, 9.17) is 14.7 Å². The molecular formula is C29H36F16O6S. The van der Waals surface area contributed by atoms with Gasteiger partial charge in [-0.25, -0.2) is 14.0 Å². The van der Waals surface area contributed by atoms with Crippen molar-refractivity contribution in [1.82, 2.24) is 0 Å². The average molecular weight is 817 g/mol. The molecule has 1 rings (SSSR count). The van der Waals surface area contributed by atoms with Crippen molar-refractivity contribution >= 4 is 12.0 Å². The maximum Gasteiger partial charge on any atom is 0.384 e. The molecule has 0 atom stereocenters. The minimum atomic E-state index is -8.47. The van der Waals surface area contributed by atoms with Crippen LogP contribution in [0.4, 0.5) is 70.2 Å². The second-order valence-corrected chi connectivity index (χ2v) is 12.0. The van der Waals surface area contributed by atoms with Crippen molar-refractivity contribution in [3.63, 3.8) is 0 Å². The Morgan fingerprint density at radius 2 is 1.08 bits per heavy atom. The summed E-state index contributed by atoms with van der Waals surface area (Å²) in [6.45, 7) is -2.83. The van der Waals surface area contributed by atoms with E-state index in [1.54, 1.807) is 0 Å². The van der Waals surface area contributed by atoms with Gasteiger partial charge in [0.15, 0.2) is 11.5 Å². The number of rotatable bonds is 28. The Morgan fingerprint density at radius 1 is 0.596 bits per heavy atom. The van der Waals surface area contributed by atoms with Crippen LogP contribution in [0.25, 0.3) is 0 Å². The number of halogens is 16. The van der Waals surface area contributed by atoms with Gasteiger partial charge in [0.25, 0.3) is 0 Å². The van der Waals surface area contributed by atoms with Crippen LogP contribution in [0.5, 0.6) is 11.5 Å². The third-order valence-corrected chi connectivity index (χ3v) is 7.90. The van der Waals surface area contributed by atoms with Crippen molar-refractivity contribution in [2.75, 3.05) is 26.4 Å². The Balaban J connectivity index is 2.88. The molecule has 306 valence electrons. The van der Waals surface area contributed by atoms with Gasteiger partial charge in [0.1, 0.15) is 13.2 Å². The van der Waals surface area contributed by atoms with E-state index in [9.17, 15) is 70.2 Å². The molecule has 52 heavy (non-hydrogen) atoms. The molecule has 0 fully saturated rings. The molecule has 0 heterocycles. The van der Waals surface area contributed by atoms with Crippen LogP contribution in [-0.2, 0) is 14.1 Å². The van der Waals surface area contributed by atoms with Crippen molar-refractivity contribution < 1.29 is 99.1 Å². The molecule has 0 unspecified atom stereocenters. The molecule has 1 aromatic carbocycles. The predicted molar refractivity (Wildman–Crippen MR) is 151 cm³/mol. The average Bonchev–Trinajstić information content (AvgIpc) is 3.05. The number of alkyl halides is 16. The molecule has 0 aromatic heterocycles. The van der Waals surface area contributed by atoms with Crippen molar-refractivity contribution in [2.24, 2.45) is 0 Å². The first-order chi connectivity index (χ1) is 23.9. The Hall–Kier alpha value is -2.11.